The van der Waals surface area contributed by atoms with E-state index in [2.05, 4.69) is 5.32 Å². The molecule has 2 aromatic rings. The van der Waals surface area contributed by atoms with Gasteiger partial charge in [0.25, 0.3) is 5.91 Å². The quantitative estimate of drug-likeness (QED) is 0.886. The van der Waals surface area contributed by atoms with Crippen LogP contribution in [0, 0.1) is 5.82 Å². The number of carbonyl (C=O) groups is 1. The molecule has 3 N–H and O–H groups in total. The molecule has 0 atom stereocenters. The average Bonchev–Trinajstić information content (AvgIpc) is 2.53. The summed E-state index contributed by atoms with van der Waals surface area (Å²) in [7, 11) is 1.38. The Hall–Kier alpha value is -2.40. The third-order valence-electron chi connectivity index (χ3n) is 3.13. The maximum absolute atomic E-state index is 13.5. The third-order valence-corrected chi connectivity index (χ3v) is 3.13. The fraction of sp³-hybridized carbons (Fsp3) is 0.188. The highest BCUT2D eigenvalue weighted by atomic mass is 19.1. The Balaban J connectivity index is 1.99. The summed E-state index contributed by atoms with van der Waals surface area (Å²) >= 11 is 0. The van der Waals surface area contributed by atoms with E-state index in [1.807, 2.05) is 24.3 Å². The topological polar surface area (TPSA) is 64.3 Å². The number of halogens is 1. The van der Waals surface area contributed by atoms with Gasteiger partial charge in [0.05, 0.1) is 7.11 Å². The molecular weight excluding hydrogens is 271 g/mol. The van der Waals surface area contributed by atoms with Crippen LogP contribution in [0.3, 0.4) is 0 Å². The second kappa shape index (κ2) is 6.85. The van der Waals surface area contributed by atoms with Crippen LogP contribution in [0.15, 0.2) is 42.5 Å². The molecule has 0 fully saturated rings. The normalized spacial score (nSPS) is 10.2. The van der Waals surface area contributed by atoms with E-state index in [-0.39, 0.29) is 17.2 Å². The van der Waals surface area contributed by atoms with Gasteiger partial charge < -0.3 is 15.8 Å². The van der Waals surface area contributed by atoms with Crippen molar-refractivity contribution in [1.29, 1.82) is 0 Å². The standard InChI is InChI=1S/C16H17FN2O2/c1-21-15-7-6-13(8-14(15)17)16(20)19-10-12-4-2-11(9-18)3-5-12/h2-8H,9-10,18H2,1H3,(H,19,20). The highest BCUT2D eigenvalue weighted by Crippen LogP contribution is 2.17. The van der Waals surface area contributed by atoms with E-state index in [0.717, 1.165) is 17.2 Å². The highest BCUT2D eigenvalue weighted by molar-refractivity contribution is 5.94. The van der Waals surface area contributed by atoms with Crippen molar-refractivity contribution in [1.82, 2.24) is 5.32 Å². The van der Waals surface area contributed by atoms with Crippen molar-refractivity contribution in [3.05, 3.63) is 65.0 Å². The van der Waals surface area contributed by atoms with Crippen molar-refractivity contribution in [2.24, 2.45) is 5.73 Å². The summed E-state index contributed by atoms with van der Waals surface area (Å²) < 4.78 is 18.4. The Morgan fingerprint density at radius 3 is 2.43 bits per heavy atom. The van der Waals surface area contributed by atoms with Gasteiger partial charge in [-0.05, 0) is 29.3 Å². The van der Waals surface area contributed by atoms with Gasteiger partial charge in [-0.1, -0.05) is 24.3 Å². The number of hydrogen-bond donors (Lipinski definition) is 2. The van der Waals surface area contributed by atoms with E-state index in [0.29, 0.717) is 13.1 Å². The molecule has 0 radical (unpaired) electrons. The first-order valence-electron chi connectivity index (χ1n) is 6.53. The molecule has 0 aromatic heterocycles. The highest BCUT2D eigenvalue weighted by Gasteiger charge is 2.09. The average molecular weight is 288 g/mol. The number of methoxy groups -OCH3 is 1. The summed E-state index contributed by atoms with van der Waals surface area (Å²) in [6.45, 7) is 0.856. The molecule has 0 heterocycles. The molecule has 0 aliphatic rings. The number of amides is 1. The molecule has 0 saturated heterocycles. The van der Waals surface area contributed by atoms with E-state index in [1.54, 1.807) is 0 Å². The zero-order valence-corrected chi connectivity index (χ0v) is 11.7. The number of nitrogens with one attached hydrogen (secondary N) is 1. The number of benzene rings is 2. The Labute approximate surface area is 122 Å². The first-order valence-corrected chi connectivity index (χ1v) is 6.53. The lowest BCUT2D eigenvalue weighted by Gasteiger charge is -2.07. The van der Waals surface area contributed by atoms with Gasteiger partial charge in [-0.3, -0.25) is 4.79 Å². The molecule has 0 aliphatic heterocycles. The molecule has 0 saturated carbocycles. The molecule has 0 aliphatic carbocycles. The van der Waals surface area contributed by atoms with Crippen LogP contribution in [-0.2, 0) is 13.1 Å². The molecule has 1 amide bonds. The minimum Gasteiger partial charge on any atom is -0.494 e. The minimum atomic E-state index is -0.558. The second-order valence-electron chi connectivity index (χ2n) is 4.55. The fourth-order valence-corrected chi connectivity index (χ4v) is 1.89. The first kappa shape index (κ1) is 15.0. The summed E-state index contributed by atoms with van der Waals surface area (Å²) in [5.41, 5.74) is 7.76. The van der Waals surface area contributed by atoms with Crippen LogP contribution < -0.4 is 15.8 Å². The van der Waals surface area contributed by atoms with Crippen LogP contribution in [0.4, 0.5) is 4.39 Å². The molecular formula is C16H17FN2O2. The summed E-state index contributed by atoms with van der Waals surface area (Å²) in [6.07, 6.45) is 0. The summed E-state index contributed by atoms with van der Waals surface area (Å²) in [6, 6.07) is 11.7. The van der Waals surface area contributed by atoms with Gasteiger partial charge in [-0.2, -0.15) is 0 Å². The monoisotopic (exact) mass is 288 g/mol. The maximum Gasteiger partial charge on any atom is 0.251 e. The fourth-order valence-electron chi connectivity index (χ4n) is 1.89. The van der Waals surface area contributed by atoms with Crippen LogP contribution >= 0.6 is 0 Å². The molecule has 0 spiro atoms. The number of nitrogens with two attached hydrogens (primary N) is 1. The Morgan fingerprint density at radius 1 is 1.19 bits per heavy atom. The van der Waals surface area contributed by atoms with Gasteiger partial charge in [0.1, 0.15) is 0 Å². The predicted molar refractivity (Wildman–Crippen MR) is 78.5 cm³/mol. The largest absolute Gasteiger partial charge is 0.494 e. The van der Waals surface area contributed by atoms with Gasteiger partial charge in [0.15, 0.2) is 11.6 Å². The van der Waals surface area contributed by atoms with Crippen molar-refractivity contribution in [3.8, 4) is 5.75 Å². The number of carbonyl (C=O) groups excluding carboxylic acids is 1. The number of ether oxygens (including phenoxy) is 1. The summed E-state index contributed by atoms with van der Waals surface area (Å²) in [5, 5.41) is 2.74. The number of hydrogen-bond acceptors (Lipinski definition) is 3. The van der Waals surface area contributed by atoms with Gasteiger partial charge in [0, 0.05) is 18.7 Å². The van der Waals surface area contributed by atoms with Crippen molar-refractivity contribution >= 4 is 5.91 Å². The zero-order valence-electron chi connectivity index (χ0n) is 11.7. The lowest BCUT2D eigenvalue weighted by molar-refractivity contribution is 0.0950. The van der Waals surface area contributed by atoms with E-state index >= 15 is 0 Å². The van der Waals surface area contributed by atoms with Gasteiger partial charge in [-0.25, -0.2) is 4.39 Å². The molecule has 0 unspecified atom stereocenters. The van der Waals surface area contributed by atoms with Gasteiger partial charge in [-0.15, -0.1) is 0 Å². The zero-order chi connectivity index (χ0) is 15.2. The molecule has 110 valence electrons. The Kier molecular flexibility index (Phi) is 4.90. The van der Waals surface area contributed by atoms with Gasteiger partial charge >= 0.3 is 0 Å². The van der Waals surface area contributed by atoms with Gasteiger partial charge in [0.2, 0.25) is 0 Å². The van der Waals surface area contributed by atoms with Crippen molar-refractivity contribution in [2.45, 2.75) is 13.1 Å². The smallest absolute Gasteiger partial charge is 0.251 e. The van der Waals surface area contributed by atoms with Crippen LogP contribution in [0.5, 0.6) is 5.75 Å². The molecule has 4 nitrogen and oxygen atoms in total. The first-order chi connectivity index (χ1) is 10.1. The Morgan fingerprint density at radius 2 is 1.86 bits per heavy atom. The molecule has 0 bridgehead atoms. The molecule has 5 heteroatoms. The number of rotatable bonds is 5. The van der Waals surface area contributed by atoms with Crippen LogP contribution in [0.1, 0.15) is 21.5 Å². The SMILES string of the molecule is COc1ccc(C(=O)NCc2ccc(CN)cc2)cc1F. The Bertz CT molecular complexity index is 627. The summed E-state index contributed by atoms with van der Waals surface area (Å²) in [4.78, 5) is 12.0. The lowest BCUT2D eigenvalue weighted by atomic mass is 10.1. The van der Waals surface area contributed by atoms with Crippen LogP contribution in [0.2, 0.25) is 0 Å². The van der Waals surface area contributed by atoms with E-state index < -0.39 is 5.82 Å². The van der Waals surface area contributed by atoms with Crippen molar-refractivity contribution in [2.75, 3.05) is 7.11 Å². The van der Waals surface area contributed by atoms with Crippen molar-refractivity contribution < 1.29 is 13.9 Å². The van der Waals surface area contributed by atoms with Crippen LogP contribution in [-0.4, -0.2) is 13.0 Å². The third kappa shape index (κ3) is 3.79. The van der Waals surface area contributed by atoms with E-state index in [4.69, 9.17) is 10.5 Å². The summed E-state index contributed by atoms with van der Waals surface area (Å²) in [5.74, 6) is -0.777. The maximum atomic E-state index is 13.5. The molecule has 21 heavy (non-hydrogen) atoms. The van der Waals surface area contributed by atoms with Crippen LogP contribution in [0.25, 0.3) is 0 Å². The minimum absolute atomic E-state index is 0.115. The molecule has 2 aromatic carbocycles. The van der Waals surface area contributed by atoms with E-state index in [1.165, 1.54) is 19.2 Å². The molecule has 2 rings (SSSR count). The van der Waals surface area contributed by atoms with Crippen molar-refractivity contribution in [3.63, 3.8) is 0 Å². The lowest BCUT2D eigenvalue weighted by Crippen LogP contribution is -2.22. The predicted octanol–water partition coefficient (Wildman–Crippen LogP) is 2.22. The second-order valence-corrected chi connectivity index (χ2v) is 4.55. The van der Waals surface area contributed by atoms with E-state index in [9.17, 15) is 9.18 Å².